The highest BCUT2D eigenvalue weighted by molar-refractivity contribution is 5.29. The van der Waals surface area contributed by atoms with Crippen molar-refractivity contribution in [1.82, 2.24) is 9.80 Å². The van der Waals surface area contributed by atoms with Gasteiger partial charge >= 0.3 is 0 Å². The molecular weight excluding hydrogens is 348 g/mol. The molecule has 0 saturated carbocycles. The Labute approximate surface area is 168 Å². The van der Waals surface area contributed by atoms with E-state index >= 15 is 0 Å². The molecule has 4 nitrogen and oxygen atoms in total. The van der Waals surface area contributed by atoms with E-state index in [1.54, 1.807) is 0 Å². The van der Waals surface area contributed by atoms with Crippen molar-refractivity contribution in [2.45, 2.75) is 57.5 Å². The summed E-state index contributed by atoms with van der Waals surface area (Å²) < 4.78 is 5.89. The van der Waals surface area contributed by atoms with Crippen molar-refractivity contribution in [3.63, 3.8) is 0 Å². The molecule has 4 heteroatoms. The van der Waals surface area contributed by atoms with Crippen LogP contribution in [0.5, 0.6) is 5.75 Å². The lowest BCUT2D eigenvalue weighted by Gasteiger charge is -2.44. The van der Waals surface area contributed by atoms with E-state index in [-0.39, 0.29) is 12.2 Å². The summed E-state index contributed by atoms with van der Waals surface area (Å²) in [6.07, 6.45) is 1.95. The van der Waals surface area contributed by atoms with Gasteiger partial charge in [-0.05, 0) is 49.9 Å². The van der Waals surface area contributed by atoms with E-state index in [1.165, 1.54) is 11.1 Å². The van der Waals surface area contributed by atoms with Gasteiger partial charge in [-0.15, -0.1) is 0 Å². The smallest absolute Gasteiger partial charge is 0.120 e. The summed E-state index contributed by atoms with van der Waals surface area (Å²) in [6.45, 7) is 7.91. The Morgan fingerprint density at radius 2 is 1.79 bits per heavy atom. The number of aliphatic hydroxyl groups is 1. The molecule has 0 bridgehead atoms. The van der Waals surface area contributed by atoms with E-state index in [9.17, 15) is 5.11 Å². The molecule has 28 heavy (non-hydrogen) atoms. The second kappa shape index (κ2) is 8.64. The van der Waals surface area contributed by atoms with Crippen LogP contribution in [0.15, 0.2) is 54.6 Å². The zero-order chi connectivity index (χ0) is 19.5. The van der Waals surface area contributed by atoms with Gasteiger partial charge in [0.1, 0.15) is 5.75 Å². The highest BCUT2D eigenvalue weighted by Gasteiger charge is 2.39. The highest BCUT2D eigenvalue weighted by Crippen LogP contribution is 2.28. The van der Waals surface area contributed by atoms with Gasteiger partial charge in [0.2, 0.25) is 0 Å². The zero-order valence-corrected chi connectivity index (χ0v) is 17.0. The molecule has 2 aliphatic rings. The van der Waals surface area contributed by atoms with Gasteiger partial charge in [-0.25, -0.2) is 0 Å². The van der Waals surface area contributed by atoms with Gasteiger partial charge in [-0.2, -0.15) is 0 Å². The number of piperazine rings is 1. The first-order chi connectivity index (χ1) is 13.6. The van der Waals surface area contributed by atoms with Gasteiger partial charge in [0, 0.05) is 38.3 Å². The SMILES string of the molecule is CC(C)Oc1cccc(CN2C[C@@H]3C[C@@H](O)CN3C[C@@H]2Cc2ccccc2)c1. The fraction of sp³-hybridized carbons (Fsp3) is 0.500. The highest BCUT2D eigenvalue weighted by atomic mass is 16.5. The average Bonchev–Trinajstić information content (AvgIpc) is 3.01. The molecule has 0 aromatic heterocycles. The molecule has 2 aromatic carbocycles. The van der Waals surface area contributed by atoms with E-state index in [4.69, 9.17) is 4.74 Å². The van der Waals surface area contributed by atoms with Gasteiger partial charge in [0.05, 0.1) is 12.2 Å². The molecule has 0 unspecified atom stereocenters. The van der Waals surface area contributed by atoms with Crippen LogP contribution in [0.3, 0.4) is 0 Å². The first kappa shape index (κ1) is 19.4. The maximum absolute atomic E-state index is 10.2. The van der Waals surface area contributed by atoms with Crippen molar-refractivity contribution in [3.05, 3.63) is 65.7 Å². The lowest BCUT2D eigenvalue weighted by Crippen LogP contribution is -2.56. The number of fused-ring (bicyclic) bond motifs is 1. The summed E-state index contributed by atoms with van der Waals surface area (Å²) in [7, 11) is 0. The topological polar surface area (TPSA) is 35.9 Å². The van der Waals surface area contributed by atoms with Gasteiger partial charge in [-0.3, -0.25) is 9.80 Å². The number of hydrogen-bond acceptors (Lipinski definition) is 4. The maximum Gasteiger partial charge on any atom is 0.120 e. The van der Waals surface area contributed by atoms with Crippen LogP contribution in [0.2, 0.25) is 0 Å². The molecule has 4 rings (SSSR count). The van der Waals surface area contributed by atoms with E-state index in [0.717, 1.165) is 44.8 Å². The molecule has 2 saturated heterocycles. The minimum absolute atomic E-state index is 0.176. The van der Waals surface area contributed by atoms with Crippen molar-refractivity contribution < 1.29 is 9.84 Å². The first-order valence-electron chi connectivity index (χ1n) is 10.5. The van der Waals surface area contributed by atoms with Crippen LogP contribution < -0.4 is 4.74 Å². The molecule has 0 aliphatic carbocycles. The Hall–Kier alpha value is -1.88. The number of benzene rings is 2. The van der Waals surface area contributed by atoms with Gasteiger partial charge < -0.3 is 9.84 Å². The molecule has 2 aliphatic heterocycles. The number of nitrogens with zero attached hydrogens (tertiary/aromatic N) is 2. The lowest BCUT2D eigenvalue weighted by atomic mass is 9.99. The Morgan fingerprint density at radius 1 is 1.00 bits per heavy atom. The summed E-state index contributed by atoms with van der Waals surface area (Å²) >= 11 is 0. The van der Waals surface area contributed by atoms with Crippen LogP contribution in [0, 0.1) is 0 Å². The van der Waals surface area contributed by atoms with Crippen LogP contribution in [0.1, 0.15) is 31.4 Å². The minimum Gasteiger partial charge on any atom is -0.491 e. The Morgan fingerprint density at radius 3 is 2.57 bits per heavy atom. The van der Waals surface area contributed by atoms with E-state index in [2.05, 4.69) is 72.2 Å². The third-order valence-corrected chi connectivity index (χ3v) is 5.88. The standard InChI is InChI=1S/C24H32N2O2/c1-18(2)28-24-10-6-9-20(12-24)14-25-16-22-13-23(27)17-26(22)15-21(25)11-19-7-4-3-5-8-19/h3-10,12,18,21-23,27H,11,13-17H2,1-2H3/t21-,22-,23+/m0/s1. The fourth-order valence-electron chi connectivity index (χ4n) is 4.67. The van der Waals surface area contributed by atoms with Crippen LogP contribution >= 0.6 is 0 Å². The van der Waals surface area contributed by atoms with Crippen LogP contribution in [0.25, 0.3) is 0 Å². The van der Waals surface area contributed by atoms with Crippen molar-refractivity contribution >= 4 is 0 Å². The third kappa shape index (κ3) is 4.75. The number of aliphatic hydroxyl groups excluding tert-OH is 1. The number of hydrogen-bond donors (Lipinski definition) is 1. The van der Waals surface area contributed by atoms with Crippen molar-refractivity contribution in [2.75, 3.05) is 19.6 Å². The summed E-state index contributed by atoms with van der Waals surface area (Å²) in [4.78, 5) is 5.10. The molecule has 0 amide bonds. The minimum atomic E-state index is -0.176. The molecule has 2 fully saturated rings. The number of ether oxygens (including phenoxy) is 1. The monoisotopic (exact) mass is 380 g/mol. The lowest BCUT2D eigenvalue weighted by molar-refractivity contribution is 0.0444. The van der Waals surface area contributed by atoms with Crippen molar-refractivity contribution in [3.8, 4) is 5.75 Å². The molecule has 1 N–H and O–H groups in total. The van der Waals surface area contributed by atoms with Crippen LogP contribution in [-0.2, 0) is 13.0 Å². The van der Waals surface area contributed by atoms with Gasteiger partial charge in [0.25, 0.3) is 0 Å². The molecule has 0 spiro atoms. The summed E-state index contributed by atoms with van der Waals surface area (Å²) in [6, 6.07) is 20.2. The van der Waals surface area contributed by atoms with E-state index < -0.39 is 0 Å². The average molecular weight is 381 g/mol. The second-order valence-corrected chi connectivity index (χ2v) is 8.58. The molecule has 3 atom stereocenters. The predicted molar refractivity (Wildman–Crippen MR) is 113 cm³/mol. The largest absolute Gasteiger partial charge is 0.491 e. The van der Waals surface area contributed by atoms with E-state index in [0.29, 0.717) is 12.1 Å². The normalized spacial score (nSPS) is 25.8. The van der Waals surface area contributed by atoms with Gasteiger partial charge in [0.15, 0.2) is 0 Å². The summed E-state index contributed by atoms with van der Waals surface area (Å²) in [5.74, 6) is 0.946. The zero-order valence-electron chi connectivity index (χ0n) is 17.0. The molecular formula is C24H32N2O2. The van der Waals surface area contributed by atoms with Gasteiger partial charge in [-0.1, -0.05) is 42.5 Å². The Kier molecular flexibility index (Phi) is 6.00. The number of rotatable bonds is 6. The fourth-order valence-corrected chi connectivity index (χ4v) is 4.67. The molecule has 2 heterocycles. The summed E-state index contributed by atoms with van der Waals surface area (Å²) in [5, 5.41) is 10.2. The second-order valence-electron chi connectivity index (χ2n) is 8.58. The summed E-state index contributed by atoms with van der Waals surface area (Å²) in [5.41, 5.74) is 2.68. The quantitative estimate of drug-likeness (QED) is 0.834. The van der Waals surface area contributed by atoms with Crippen molar-refractivity contribution in [2.24, 2.45) is 0 Å². The first-order valence-corrected chi connectivity index (χ1v) is 10.5. The van der Waals surface area contributed by atoms with Crippen molar-refractivity contribution in [1.29, 1.82) is 0 Å². The molecule has 2 aromatic rings. The van der Waals surface area contributed by atoms with Crippen LogP contribution in [0.4, 0.5) is 0 Å². The Balaban J connectivity index is 1.51. The molecule has 0 radical (unpaired) electrons. The van der Waals surface area contributed by atoms with E-state index in [1.807, 2.05) is 6.07 Å². The van der Waals surface area contributed by atoms with Crippen LogP contribution in [-0.4, -0.2) is 58.8 Å². The Bertz CT molecular complexity index is 764. The molecule has 150 valence electrons. The third-order valence-electron chi connectivity index (χ3n) is 5.88. The maximum atomic E-state index is 10.2. The predicted octanol–water partition coefficient (Wildman–Crippen LogP) is 3.34.